The second-order valence-corrected chi connectivity index (χ2v) is 5.33. The smallest absolute Gasteiger partial charge is 0.0742 e. The molecule has 0 aliphatic rings. The molecule has 1 atom stereocenters. The maximum Gasteiger partial charge on any atom is 0.0742 e. The molecule has 1 rings (SSSR count). The van der Waals surface area contributed by atoms with Crippen LogP contribution in [0.1, 0.15) is 56.9 Å². The third kappa shape index (κ3) is 4.52. The summed E-state index contributed by atoms with van der Waals surface area (Å²) in [6.07, 6.45) is 6.81. The van der Waals surface area contributed by atoms with Crippen molar-refractivity contribution in [3.8, 4) is 6.07 Å². The molecule has 18 heavy (non-hydrogen) atoms. The summed E-state index contributed by atoms with van der Waals surface area (Å²) in [5.41, 5.74) is 0.791. The van der Waals surface area contributed by atoms with Crippen LogP contribution in [0.5, 0.6) is 0 Å². The Hall–Kier alpha value is -0.710. The van der Waals surface area contributed by atoms with Gasteiger partial charge >= 0.3 is 0 Å². The minimum Gasteiger partial charge on any atom is -0.198 e. The maximum absolute atomic E-state index is 9.26. The lowest BCUT2D eigenvalue weighted by Crippen LogP contribution is -1.98. The zero-order chi connectivity index (χ0) is 13.4. The van der Waals surface area contributed by atoms with Gasteiger partial charge in [-0.25, -0.2) is 0 Å². The molecule has 0 aliphatic carbocycles. The van der Waals surface area contributed by atoms with Crippen LogP contribution in [-0.2, 0) is 0 Å². The molecule has 98 valence electrons. The second-order valence-electron chi connectivity index (χ2n) is 4.52. The number of nitriles is 1. The van der Waals surface area contributed by atoms with Crippen molar-refractivity contribution in [3.63, 3.8) is 0 Å². The first kappa shape index (κ1) is 15.3. The van der Waals surface area contributed by atoms with Gasteiger partial charge in [0.15, 0.2) is 0 Å². The average molecular weight is 284 g/mol. The van der Waals surface area contributed by atoms with Crippen LogP contribution in [0.2, 0.25) is 10.0 Å². The molecule has 0 saturated carbocycles. The summed E-state index contributed by atoms with van der Waals surface area (Å²) < 4.78 is 0. The van der Waals surface area contributed by atoms with Gasteiger partial charge in [-0.05, 0) is 18.6 Å². The molecule has 0 aromatic heterocycles. The predicted octanol–water partition coefficient (Wildman–Crippen LogP) is 5.96. The molecule has 0 radical (unpaired) electrons. The number of nitrogens with zero attached hydrogens (tertiary/aromatic N) is 1. The molecule has 0 spiro atoms. The number of rotatable bonds is 7. The molecule has 0 unspecified atom stereocenters. The van der Waals surface area contributed by atoms with E-state index in [9.17, 15) is 5.26 Å². The number of benzene rings is 1. The molecule has 1 aromatic rings. The van der Waals surface area contributed by atoms with Crippen LogP contribution >= 0.6 is 23.2 Å². The van der Waals surface area contributed by atoms with E-state index in [-0.39, 0.29) is 5.92 Å². The van der Waals surface area contributed by atoms with Gasteiger partial charge in [-0.15, -0.1) is 0 Å². The summed E-state index contributed by atoms with van der Waals surface area (Å²) in [5.74, 6) is -0.187. The van der Waals surface area contributed by atoms with Crippen LogP contribution in [0, 0.1) is 11.3 Å². The molecule has 0 aliphatic heterocycles. The zero-order valence-corrected chi connectivity index (χ0v) is 12.3. The molecule has 0 saturated heterocycles. The zero-order valence-electron chi connectivity index (χ0n) is 10.8. The van der Waals surface area contributed by atoms with E-state index in [0.29, 0.717) is 10.0 Å². The molecular formula is C15H19Cl2N. The highest BCUT2D eigenvalue weighted by Crippen LogP contribution is 2.34. The van der Waals surface area contributed by atoms with Crippen molar-refractivity contribution < 1.29 is 0 Å². The average Bonchev–Trinajstić information content (AvgIpc) is 2.36. The molecule has 1 aromatic carbocycles. The minimum atomic E-state index is -0.187. The van der Waals surface area contributed by atoms with Gasteiger partial charge in [0.25, 0.3) is 0 Å². The Bertz CT molecular complexity index is 389. The molecular weight excluding hydrogens is 265 g/mol. The Labute approximate surface area is 120 Å². The number of unbranched alkanes of at least 4 members (excludes halogenated alkanes) is 4. The lowest BCUT2D eigenvalue weighted by atomic mass is 9.94. The summed E-state index contributed by atoms with van der Waals surface area (Å²) >= 11 is 12.3. The van der Waals surface area contributed by atoms with Crippen molar-refractivity contribution in [2.75, 3.05) is 0 Å². The van der Waals surface area contributed by atoms with Gasteiger partial charge in [-0.1, -0.05) is 68.3 Å². The van der Waals surface area contributed by atoms with E-state index in [0.717, 1.165) is 18.4 Å². The van der Waals surface area contributed by atoms with Crippen molar-refractivity contribution in [2.45, 2.75) is 51.4 Å². The van der Waals surface area contributed by atoms with Crippen molar-refractivity contribution in [1.29, 1.82) is 5.26 Å². The first-order valence-electron chi connectivity index (χ1n) is 6.54. The Kier molecular flexibility index (Phi) is 7.16. The summed E-state index contributed by atoms with van der Waals surface area (Å²) in [7, 11) is 0. The Balaban J connectivity index is 2.59. The number of hydrogen-bond acceptors (Lipinski definition) is 1. The monoisotopic (exact) mass is 283 g/mol. The normalized spacial score (nSPS) is 12.1. The highest BCUT2D eigenvalue weighted by atomic mass is 35.5. The van der Waals surface area contributed by atoms with Gasteiger partial charge < -0.3 is 0 Å². The third-order valence-corrected chi connectivity index (χ3v) is 3.76. The summed E-state index contributed by atoms with van der Waals surface area (Å²) in [6.45, 7) is 2.20. The summed E-state index contributed by atoms with van der Waals surface area (Å²) in [5, 5.41) is 10.5. The Morgan fingerprint density at radius 1 is 1.11 bits per heavy atom. The molecule has 3 heteroatoms. The highest BCUT2D eigenvalue weighted by Gasteiger charge is 2.17. The Morgan fingerprint density at radius 3 is 2.28 bits per heavy atom. The molecule has 0 amide bonds. The summed E-state index contributed by atoms with van der Waals surface area (Å²) in [4.78, 5) is 0. The molecule has 0 N–H and O–H groups in total. The van der Waals surface area contributed by atoms with Crippen molar-refractivity contribution in [3.05, 3.63) is 33.8 Å². The fraction of sp³-hybridized carbons (Fsp3) is 0.533. The van der Waals surface area contributed by atoms with Gasteiger partial charge in [0.05, 0.1) is 12.0 Å². The molecule has 0 fully saturated rings. The molecule has 0 heterocycles. The van der Waals surface area contributed by atoms with E-state index in [4.69, 9.17) is 23.2 Å². The van der Waals surface area contributed by atoms with Gasteiger partial charge in [0.2, 0.25) is 0 Å². The van der Waals surface area contributed by atoms with Gasteiger partial charge in [0, 0.05) is 15.6 Å². The van der Waals surface area contributed by atoms with Crippen LogP contribution in [0.3, 0.4) is 0 Å². The highest BCUT2D eigenvalue weighted by molar-refractivity contribution is 6.36. The van der Waals surface area contributed by atoms with E-state index in [1.165, 1.54) is 25.7 Å². The standard InChI is InChI=1S/C15H19Cl2N/c1-2-3-4-5-6-8-12(11-18)15-13(16)9-7-10-14(15)17/h7,9-10,12H,2-6,8H2,1H3/t12-/m1/s1. The first-order valence-corrected chi connectivity index (χ1v) is 7.29. The predicted molar refractivity (Wildman–Crippen MR) is 78.2 cm³/mol. The van der Waals surface area contributed by atoms with E-state index in [2.05, 4.69) is 13.0 Å². The lowest BCUT2D eigenvalue weighted by Gasteiger charge is -2.12. The van der Waals surface area contributed by atoms with Crippen molar-refractivity contribution in [2.24, 2.45) is 0 Å². The van der Waals surface area contributed by atoms with E-state index in [1.807, 2.05) is 6.07 Å². The van der Waals surface area contributed by atoms with Crippen LogP contribution in [0.25, 0.3) is 0 Å². The fourth-order valence-corrected chi connectivity index (χ4v) is 2.73. The lowest BCUT2D eigenvalue weighted by molar-refractivity contribution is 0.589. The van der Waals surface area contributed by atoms with Gasteiger partial charge in [0.1, 0.15) is 0 Å². The topological polar surface area (TPSA) is 23.8 Å². The van der Waals surface area contributed by atoms with E-state index >= 15 is 0 Å². The summed E-state index contributed by atoms with van der Waals surface area (Å²) in [6, 6.07) is 7.72. The minimum absolute atomic E-state index is 0.187. The van der Waals surface area contributed by atoms with Crippen LogP contribution < -0.4 is 0 Å². The van der Waals surface area contributed by atoms with Crippen LogP contribution in [0.15, 0.2) is 18.2 Å². The van der Waals surface area contributed by atoms with E-state index < -0.39 is 0 Å². The van der Waals surface area contributed by atoms with Gasteiger partial charge in [-0.3, -0.25) is 0 Å². The fourth-order valence-electron chi connectivity index (χ4n) is 2.07. The van der Waals surface area contributed by atoms with E-state index in [1.54, 1.807) is 12.1 Å². The SMILES string of the molecule is CCCCCCC[C@H](C#N)c1c(Cl)cccc1Cl. The van der Waals surface area contributed by atoms with Crippen LogP contribution in [0.4, 0.5) is 0 Å². The van der Waals surface area contributed by atoms with Crippen molar-refractivity contribution in [1.82, 2.24) is 0 Å². The molecule has 0 bridgehead atoms. The first-order chi connectivity index (χ1) is 8.70. The molecule has 1 nitrogen and oxygen atoms in total. The van der Waals surface area contributed by atoms with Crippen molar-refractivity contribution >= 4 is 23.2 Å². The third-order valence-electron chi connectivity index (χ3n) is 3.10. The quantitative estimate of drug-likeness (QED) is 0.566. The second kappa shape index (κ2) is 8.40. The van der Waals surface area contributed by atoms with Crippen LogP contribution in [-0.4, -0.2) is 0 Å². The number of halogens is 2. The maximum atomic E-state index is 9.26. The Morgan fingerprint density at radius 2 is 1.72 bits per heavy atom. The van der Waals surface area contributed by atoms with Gasteiger partial charge in [-0.2, -0.15) is 5.26 Å². The largest absolute Gasteiger partial charge is 0.198 e. The number of hydrogen-bond donors (Lipinski definition) is 0.